The van der Waals surface area contributed by atoms with Crippen LogP contribution in [0.15, 0.2) is 36.0 Å². The summed E-state index contributed by atoms with van der Waals surface area (Å²) in [5.41, 5.74) is 0. The zero-order valence-electron chi connectivity index (χ0n) is 13.2. The molecule has 1 atom stereocenters. The minimum absolute atomic E-state index is 0.0842. The Morgan fingerprint density at radius 3 is 2.74 bits per heavy atom. The SMILES string of the molecule is C[C@H](NC(=O)C[NH+]1CCN(c2ncccn2)CC1)c1cccs1. The average molecular weight is 332 g/mol. The summed E-state index contributed by atoms with van der Waals surface area (Å²) in [4.78, 5) is 25.5. The van der Waals surface area contributed by atoms with Gasteiger partial charge < -0.3 is 15.1 Å². The first-order valence-corrected chi connectivity index (χ1v) is 8.78. The van der Waals surface area contributed by atoms with E-state index in [1.807, 2.05) is 24.4 Å². The third kappa shape index (κ3) is 4.27. The Balaban J connectivity index is 1.44. The lowest BCUT2D eigenvalue weighted by atomic mass is 10.2. The van der Waals surface area contributed by atoms with Gasteiger partial charge >= 0.3 is 0 Å². The first-order valence-electron chi connectivity index (χ1n) is 7.90. The Morgan fingerprint density at radius 1 is 1.35 bits per heavy atom. The molecule has 1 aliphatic rings. The van der Waals surface area contributed by atoms with Crippen LogP contribution in [0.2, 0.25) is 0 Å². The van der Waals surface area contributed by atoms with Gasteiger partial charge in [0.15, 0.2) is 6.54 Å². The molecule has 3 heterocycles. The first kappa shape index (κ1) is 15.9. The normalized spacial score (nSPS) is 17.0. The van der Waals surface area contributed by atoms with Gasteiger partial charge in [0.1, 0.15) is 0 Å². The second-order valence-corrected chi connectivity index (χ2v) is 6.75. The van der Waals surface area contributed by atoms with Gasteiger partial charge in [-0.1, -0.05) is 6.07 Å². The molecule has 0 saturated carbocycles. The molecule has 7 heteroatoms. The summed E-state index contributed by atoms with van der Waals surface area (Å²) in [6.45, 7) is 6.18. The van der Waals surface area contributed by atoms with Crippen LogP contribution in [0.4, 0.5) is 5.95 Å². The summed E-state index contributed by atoms with van der Waals surface area (Å²) in [5.74, 6) is 0.896. The van der Waals surface area contributed by atoms with Crippen LogP contribution < -0.4 is 15.1 Å². The number of anilines is 1. The van der Waals surface area contributed by atoms with Crippen LogP contribution >= 0.6 is 11.3 Å². The van der Waals surface area contributed by atoms with Gasteiger partial charge in [0.25, 0.3) is 5.91 Å². The number of nitrogens with one attached hydrogen (secondary N) is 2. The standard InChI is InChI=1S/C16H21N5OS/c1-13(14-4-2-11-23-14)19-15(22)12-20-7-9-21(10-8-20)16-17-5-3-6-18-16/h2-6,11,13H,7-10,12H2,1H3,(H,19,22)/p+1/t13-/m0/s1. The van der Waals surface area contributed by atoms with Gasteiger partial charge in [-0.3, -0.25) is 4.79 Å². The summed E-state index contributed by atoms with van der Waals surface area (Å²) in [5, 5.41) is 5.12. The van der Waals surface area contributed by atoms with Crippen LogP contribution in [0, 0.1) is 0 Å². The van der Waals surface area contributed by atoms with Crippen LogP contribution in [0.3, 0.4) is 0 Å². The second kappa shape index (κ2) is 7.52. The molecular formula is C16H22N5OS+. The number of rotatable bonds is 5. The van der Waals surface area contributed by atoms with Gasteiger partial charge in [0.05, 0.1) is 32.2 Å². The van der Waals surface area contributed by atoms with E-state index in [9.17, 15) is 4.79 Å². The number of hydrogen-bond acceptors (Lipinski definition) is 5. The van der Waals surface area contributed by atoms with Crippen molar-refractivity contribution in [2.75, 3.05) is 37.6 Å². The third-order valence-corrected chi connectivity index (χ3v) is 5.12. The largest absolute Gasteiger partial charge is 0.344 e. The molecule has 0 radical (unpaired) electrons. The van der Waals surface area contributed by atoms with E-state index in [1.54, 1.807) is 23.7 Å². The molecule has 0 bridgehead atoms. The smallest absolute Gasteiger partial charge is 0.275 e. The van der Waals surface area contributed by atoms with Crippen molar-refractivity contribution in [2.45, 2.75) is 13.0 Å². The van der Waals surface area contributed by atoms with Crippen molar-refractivity contribution in [1.82, 2.24) is 15.3 Å². The zero-order chi connectivity index (χ0) is 16.1. The molecule has 1 fully saturated rings. The van der Waals surface area contributed by atoms with E-state index in [-0.39, 0.29) is 11.9 Å². The number of amides is 1. The molecule has 1 amide bonds. The summed E-state index contributed by atoms with van der Waals surface area (Å²) < 4.78 is 0. The van der Waals surface area contributed by atoms with Crippen LogP contribution in [0.25, 0.3) is 0 Å². The fourth-order valence-corrected chi connectivity index (χ4v) is 3.52. The van der Waals surface area contributed by atoms with Crippen molar-refractivity contribution in [3.63, 3.8) is 0 Å². The topological polar surface area (TPSA) is 62.6 Å². The maximum Gasteiger partial charge on any atom is 0.275 e. The Kier molecular flexibility index (Phi) is 5.19. The highest BCUT2D eigenvalue weighted by Gasteiger charge is 2.24. The number of carbonyl (C=O) groups excluding carboxylic acids is 1. The molecule has 0 aliphatic carbocycles. The molecular weight excluding hydrogens is 310 g/mol. The van der Waals surface area contributed by atoms with E-state index in [0.717, 1.165) is 32.1 Å². The Morgan fingerprint density at radius 2 is 2.09 bits per heavy atom. The molecule has 3 rings (SSSR count). The summed E-state index contributed by atoms with van der Waals surface area (Å²) in [6, 6.07) is 5.98. The van der Waals surface area contributed by atoms with Crippen molar-refractivity contribution in [2.24, 2.45) is 0 Å². The number of nitrogens with zero attached hydrogens (tertiary/aromatic N) is 3. The third-order valence-electron chi connectivity index (χ3n) is 4.06. The predicted octanol–water partition coefficient (Wildman–Crippen LogP) is 0.120. The monoisotopic (exact) mass is 332 g/mol. The van der Waals surface area contributed by atoms with Gasteiger partial charge in [-0.05, 0) is 24.4 Å². The van der Waals surface area contributed by atoms with Crippen molar-refractivity contribution in [1.29, 1.82) is 0 Å². The molecule has 0 unspecified atom stereocenters. The van der Waals surface area contributed by atoms with Crippen LogP contribution in [0.5, 0.6) is 0 Å². The minimum atomic E-state index is 0.0842. The Bertz CT molecular complexity index is 611. The van der Waals surface area contributed by atoms with Crippen LogP contribution in [-0.2, 0) is 4.79 Å². The maximum absolute atomic E-state index is 12.2. The molecule has 1 saturated heterocycles. The van der Waals surface area contributed by atoms with Crippen LogP contribution in [0.1, 0.15) is 17.8 Å². The number of thiophene rings is 1. The fraction of sp³-hybridized carbons (Fsp3) is 0.438. The minimum Gasteiger partial charge on any atom is -0.344 e. The number of quaternary nitrogens is 1. The molecule has 0 spiro atoms. The summed E-state index contributed by atoms with van der Waals surface area (Å²) >= 11 is 1.67. The van der Waals surface area contributed by atoms with Crippen LogP contribution in [-0.4, -0.2) is 48.6 Å². The van der Waals surface area contributed by atoms with Crippen molar-refractivity contribution >= 4 is 23.2 Å². The number of aromatic nitrogens is 2. The van der Waals surface area contributed by atoms with E-state index in [4.69, 9.17) is 0 Å². The first-order chi connectivity index (χ1) is 11.2. The van der Waals surface area contributed by atoms with E-state index in [2.05, 4.69) is 26.3 Å². The van der Waals surface area contributed by atoms with Gasteiger partial charge in [-0.15, -0.1) is 11.3 Å². The highest BCUT2D eigenvalue weighted by atomic mass is 32.1. The lowest BCUT2D eigenvalue weighted by molar-refractivity contribution is -0.892. The highest BCUT2D eigenvalue weighted by molar-refractivity contribution is 7.10. The molecule has 0 aromatic carbocycles. The lowest BCUT2D eigenvalue weighted by Crippen LogP contribution is -3.16. The summed E-state index contributed by atoms with van der Waals surface area (Å²) in [7, 11) is 0. The van der Waals surface area contributed by atoms with Gasteiger partial charge in [-0.2, -0.15) is 0 Å². The number of carbonyl (C=O) groups is 1. The molecule has 2 aromatic rings. The number of hydrogen-bond donors (Lipinski definition) is 2. The van der Waals surface area contributed by atoms with Gasteiger partial charge in [-0.25, -0.2) is 9.97 Å². The molecule has 2 N–H and O–H groups in total. The predicted molar refractivity (Wildman–Crippen MR) is 90.7 cm³/mol. The van der Waals surface area contributed by atoms with Crippen molar-refractivity contribution in [3.8, 4) is 0 Å². The van der Waals surface area contributed by atoms with E-state index in [1.165, 1.54) is 9.78 Å². The fourth-order valence-electron chi connectivity index (χ4n) is 2.78. The lowest BCUT2D eigenvalue weighted by Gasteiger charge is -2.31. The molecule has 2 aromatic heterocycles. The van der Waals surface area contributed by atoms with E-state index < -0.39 is 0 Å². The molecule has 6 nitrogen and oxygen atoms in total. The highest BCUT2D eigenvalue weighted by Crippen LogP contribution is 2.17. The zero-order valence-corrected chi connectivity index (χ0v) is 14.1. The van der Waals surface area contributed by atoms with Crippen molar-refractivity contribution < 1.29 is 9.69 Å². The number of piperazine rings is 1. The quantitative estimate of drug-likeness (QED) is 0.816. The molecule has 122 valence electrons. The summed E-state index contributed by atoms with van der Waals surface area (Å²) in [6.07, 6.45) is 3.53. The molecule has 1 aliphatic heterocycles. The average Bonchev–Trinajstić information content (AvgIpc) is 3.11. The second-order valence-electron chi connectivity index (χ2n) is 5.77. The Hall–Kier alpha value is -1.99. The van der Waals surface area contributed by atoms with Gasteiger partial charge in [0, 0.05) is 17.3 Å². The van der Waals surface area contributed by atoms with E-state index in [0.29, 0.717) is 6.54 Å². The Labute approximate surface area is 140 Å². The van der Waals surface area contributed by atoms with E-state index >= 15 is 0 Å². The van der Waals surface area contributed by atoms with Crippen molar-refractivity contribution in [3.05, 3.63) is 40.8 Å². The maximum atomic E-state index is 12.2. The molecule has 23 heavy (non-hydrogen) atoms. The van der Waals surface area contributed by atoms with Gasteiger partial charge in [0.2, 0.25) is 5.95 Å².